The summed E-state index contributed by atoms with van der Waals surface area (Å²) in [5.41, 5.74) is 1.59. The van der Waals surface area contributed by atoms with Gasteiger partial charge in [-0.3, -0.25) is 4.79 Å². The molecule has 112 valence electrons. The normalized spacial score (nSPS) is 11.2. The Bertz CT molecular complexity index is 650. The van der Waals surface area contributed by atoms with E-state index in [9.17, 15) is 9.90 Å². The van der Waals surface area contributed by atoms with E-state index < -0.39 is 11.4 Å². The first-order chi connectivity index (χ1) is 9.80. The zero-order valence-electron chi connectivity index (χ0n) is 12.5. The van der Waals surface area contributed by atoms with Gasteiger partial charge in [0, 0.05) is 30.9 Å². The lowest BCUT2D eigenvalue weighted by Gasteiger charge is -2.16. The second kappa shape index (κ2) is 5.73. The van der Waals surface area contributed by atoms with Gasteiger partial charge in [0.2, 0.25) is 0 Å². The number of rotatable bonds is 5. The number of aliphatic carboxylic acids is 1. The van der Waals surface area contributed by atoms with E-state index in [1.165, 1.54) is 11.3 Å². The fourth-order valence-corrected chi connectivity index (χ4v) is 2.61. The minimum Gasteiger partial charge on any atom is -0.481 e. The van der Waals surface area contributed by atoms with Crippen LogP contribution < -0.4 is 10.2 Å². The van der Waals surface area contributed by atoms with E-state index in [1.54, 1.807) is 19.2 Å². The van der Waals surface area contributed by atoms with Gasteiger partial charge in [0.1, 0.15) is 5.41 Å². The maximum Gasteiger partial charge on any atom is 0.315 e. The van der Waals surface area contributed by atoms with Crippen molar-refractivity contribution < 1.29 is 9.90 Å². The fourth-order valence-electron chi connectivity index (χ4n) is 1.71. The minimum absolute atomic E-state index is 0.561. The Labute approximate surface area is 128 Å². The van der Waals surface area contributed by atoms with Gasteiger partial charge in [-0.05, 0) is 32.0 Å². The third kappa shape index (κ3) is 3.33. The summed E-state index contributed by atoms with van der Waals surface area (Å²) in [6.45, 7) is 3.31. The molecule has 2 N–H and O–H groups in total. The molecule has 2 rings (SSSR count). The quantitative estimate of drug-likeness (QED) is 0.887. The monoisotopic (exact) mass is 305 g/mol. The molecule has 0 saturated heterocycles. The molecule has 0 amide bonds. The second-order valence-corrected chi connectivity index (χ2v) is 6.40. The van der Waals surface area contributed by atoms with Crippen LogP contribution in [0.1, 0.15) is 19.5 Å². The van der Waals surface area contributed by atoms with Gasteiger partial charge in [0.25, 0.3) is 0 Å². The average molecular weight is 305 g/mol. The lowest BCUT2D eigenvalue weighted by atomic mass is 9.90. The standard InChI is InChI=1S/C15H19N3O2S/c1-15(2,13(19)20)12-9-21-14(17-12)16-10-6-5-7-11(8-10)18(3)4/h5-9H,1-4H3,(H,16,17)(H,19,20). The highest BCUT2D eigenvalue weighted by Crippen LogP contribution is 2.29. The summed E-state index contributed by atoms with van der Waals surface area (Å²) in [5.74, 6) is -0.881. The third-order valence-corrected chi connectivity index (χ3v) is 4.05. The molecule has 0 aliphatic heterocycles. The van der Waals surface area contributed by atoms with Crippen molar-refractivity contribution in [2.24, 2.45) is 0 Å². The number of hydrogen-bond acceptors (Lipinski definition) is 5. The van der Waals surface area contributed by atoms with Crippen molar-refractivity contribution in [1.82, 2.24) is 4.98 Å². The molecular weight excluding hydrogens is 286 g/mol. The molecule has 0 atom stereocenters. The Morgan fingerprint density at radius 3 is 2.71 bits per heavy atom. The van der Waals surface area contributed by atoms with E-state index in [-0.39, 0.29) is 0 Å². The molecule has 5 nitrogen and oxygen atoms in total. The fraction of sp³-hybridized carbons (Fsp3) is 0.333. The number of thiazole rings is 1. The Kier molecular flexibility index (Phi) is 4.18. The lowest BCUT2D eigenvalue weighted by molar-refractivity contribution is -0.142. The molecule has 0 fully saturated rings. The Morgan fingerprint density at radius 2 is 2.10 bits per heavy atom. The van der Waals surface area contributed by atoms with Gasteiger partial charge in [-0.2, -0.15) is 0 Å². The van der Waals surface area contributed by atoms with Gasteiger partial charge >= 0.3 is 5.97 Å². The number of anilines is 3. The van der Waals surface area contributed by atoms with E-state index in [4.69, 9.17) is 0 Å². The van der Waals surface area contributed by atoms with Crippen molar-refractivity contribution in [3.05, 3.63) is 35.3 Å². The van der Waals surface area contributed by atoms with Gasteiger partial charge in [-0.15, -0.1) is 11.3 Å². The van der Waals surface area contributed by atoms with E-state index in [0.717, 1.165) is 11.4 Å². The van der Waals surface area contributed by atoms with Gasteiger partial charge in [0.05, 0.1) is 5.69 Å². The zero-order valence-corrected chi connectivity index (χ0v) is 13.4. The molecule has 1 heterocycles. The molecule has 6 heteroatoms. The molecule has 0 radical (unpaired) electrons. The van der Waals surface area contributed by atoms with Gasteiger partial charge in [-0.1, -0.05) is 6.07 Å². The first-order valence-corrected chi connectivity index (χ1v) is 7.42. The Hall–Kier alpha value is -2.08. The van der Waals surface area contributed by atoms with Crippen molar-refractivity contribution in [2.45, 2.75) is 19.3 Å². The molecule has 0 unspecified atom stereocenters. The number of hydrogen-bond donors (Lipinski definition) is 2. The summed E-state index contributed by atoms with van der Waals surface area (Å²) in [6.07, 6.45) is 0. The van der Waals surface area contributed by atoms with E-state index in [1.807, 2.05) is 43.3 Å². The Balaban J connectivity index is 2.20. The maximum atomic E-state index is 11.2. The number of nitrogens with one attached hydrogen (secondary N) is 1. The summed E-state index contributed by atoms with van der Waals surface area (Å²) in [7, 11) is 3.96. The van der Waals surface area contributed by atoms with Crippen LogP contribution in [0, 0.1) is 0 Å². The summed E-state index contributed by atoms with van der Waals surface area (Å²) in [4.78, 5) is 17.7. The summed E-state index contributed by atoms with van der Waals surface area (Å²) < 4.78 is 0. The molecule has 0 aliphatic carbocycles. The summed E-state index contributed by atoms with van der Waals surface area (Å²) >= 11 is 1.40. The number of carbonyl (C=O) groups is 1. The van der Waals surface area contributed by atoms with Crippen LogP contribution >= 0.6 is 11.3 Å². The average Bonchev–Trinajstić information content (AvgIpc) is 2.88. The van der Waals surface area contributed by atoms with Crippen LogP contribution in [0.15, 0.2) is 29.6 Å². The van der Waals surface area contributed by atoms with Gasteiger partial charge in [-0.25, -0.2) is 4.98 Å². The van der Waals surface area contributed by atoms with Crippen molar-refractivity contribution in [2.75, 3.05) is 24.3 Å². The SMILES string of the molecule is CN(C)c1cccc(Nc2nc(C(C)(C)C(=O)O)cs2)c1. The van der Waals surface area contributed by atoms with Crippen LogP contribution in [0.5, 0.6) is 0 Å². The molecule has 0 saturated carbocycles. The minimum atomic E-state index is -0.984. The van der Waals surface area contributed by atoms with Crippen molar-refractivity contribution in [3.63, 3.8) is 0 Å². The van der Waals surface area contributed by atoms with Crippen LogP contribution in [-0.4, -0.2) is 30.2 Å². The number of carboxylic acids is 1. The molecular formula is C15H19N3O2S. The molecule has 0 bridgehead atoms. The van der Waals surface area contributed by atoms with Gasteiger partial charge in [0.15, 0.2) is 5.13 Å². The Morgan fingerprint density at radius 1 is 1.38 bits per heavy atom. The number of benzene rings is 1. The molecule has 0 spiro atoms. The van der Waals surface area contributed by atoms with Crippen LogP contribution in [0.3, 0.4) is 0 Å². The lowest BCUT2D eigenvalue weighted by Crippen LogP contribution is -2.28. The highest BCUT2D eigenvalue weighted by atomic mass is 32.1. The molecule has 2 aromatic rings. The third-order valence-electron chi connectivity index (χ3n) is 3.29. The van der Waals surface area contributed by atoms with Crippen molar-refractivity contribution in [1.29, 1.82) is 0 Å². The van der Waals surface area contributed by atoms with Crippen LogP contribution in [0.25, 0.3) is 0 Å². The highest BCUT2D eigenvalue weighted by molar-refractivity contribution is 7.13. The van der Waals surface area contributed by atoms with Gasteiger partial charge < -0.3 is 15.3 Å². The molecule has 0 aliphatic rings. The van der Waals surface area contributed by atoms with Crippen molar-refractivity contribution in [3.8, 4) is 0 Å². The highest BCUT2D eigenvalue weighted by Gasteiger charge is 2.32. The van der Waals surface area contributed by atoms with E-state index >= 15 is 0 Å². The molecule has 1 aromatic carbocycles. The zero-order chi connectivity index (χ0) is 15.6. The number of nitrogens with zero attached hydrogens (tertiary/aromatic N) is 2. The molecule has 1 aromatic heterocycles. The number of carboxylic acid groups (broad SMARTS) is 1. The molecule has 21 heavy (non-hydrogen) atoms. The van der Waals surface area contributed by atoms with Crippen molar-refractivity contribution >= 4 is 33.8 Å². The van der Waals surface area contributed by atoms with Crippen LogP contribution in [0.4, 0.5) is 16.5 Å². The smallest absolute Gasteiger partial charge is 0.315 e. The van der Waals surface area contributed by atoms with E-state index in [2.05, 4.69) is 10.3 Å². The second-order valence-electron chi connectivity index (χ2n) is 5.54. The summed E-state index contributed by atoms with van der Waals surface area (Å²) in [5, 5.41) is 14.9. The number of aromatic nitrogens is 1. The first kappa shape index (κ1) is 15.3. The predicted molar refractivity (Wildman–Crippen MR) is 86.8 cm³/mol. The van der Waals surface area contributed by atoms with Crippen LogP contribution in [-0.2, 0) is 10.2 Å². The topological polar surface area (TPSA) is 65.5 Å². The predicted octanol–water partition coefficient (Wildman–Crippen LogP) is 3.31. The first-order valence-electron chi connectivity index (χ1n) is 6.54. The largest absolute Gasteiger partial charge is 0.481 e. The maximum absolute atomic E-state index is 11.2. The van der Waals surface area contributed by atoms with Crippen LogP contribution in [0.2, 0.25) is 0 Å². The summed E-state index contributed by atoms with van der Waals surface area (Å²) in [6, 6.07) is 7.96. The van der Waals surface area contributed by atoms with E-state index in [0.29, 0.717) is 10.8 Å².